The first-order chi connectivity index (χ1) is 12.5. The molecule has 1 N–H and O–H groups in total. The zero-order valence-electron chi connectivity index (χ0n) is 13.5. The number of rotatable bonds is 6. The largest absolute Gasteiger partial charge is 0.497 e. The monoisotopic (exact) mass is 425 g/mol. The van der Waals surface area contributed by atoms with Gasteiger partial charge in [0.05, 0.1) is 17.7 Å². The molecule has 1 amide bonds. The molecule has 9 heteroatoms. The molecule has 3 aromatic rings. The SMILES string of the molecule is COc1ccc(CSc2nnc(NC(=O)c3ccc(Cl)cc3Cl)s2)cc1. The van der Waals surface area contributed by atoms with Crippen molar-refractivity contribution >= 4 is 57.3 Å². The molecule has 0 bridgehead atoms. The summed E-state index contributed by atoms with van der Waals surface area (Å²) in [6.07, 6.45) is 0. The maximum absolute atomic E-state index is 12.3. The number of ether oxygens (including phenoxy) is 1. The Balaban J connectivity index is 1.59. The molecule has 0 atom stereocenters. The smallest absolute Gasteiger partial charge is 0.259 e. The Labute approximate surface area is 168 Å². The lowest BCUT2D eigenvalue weighted by Crippen LogP contribution is -2.12. The molecule has 3 rings (SSSR count). The molecule has 134 valence electrons. The van der Waals surface area contributed by atoms with Crippen molar-refractivity contribution in [3.63, 3.8) is 0 Å². The molecule has 26 heavy (non-hydrogen) atoms. The van der Waals surface area contributed by atoms with Gasteiger partial charge in [-0.2, -0.15) is 0 Å². The van der Waals surface area contributed by atoms with Crippen LogP contribution in [0.2, 0.25) is 10.0 Å². The molecular formula is C17H13Cl2N3O2S2. The second-order valence-corrected chi connectivity index (χ2v) is 8.13. The number of amides is 1. The maximum atomic E-state index is 12.3. The Kier molecular flexibility index (Phi) is 6.37. The highest BCUT2D eigenvalue weighted by molar-refractivity contribution is 8.00. The lowest BCUT2D eigenvalue weighted by Gasteiger charge is -2.03. The van der Waals surface area contributed by atoms with Crippen molar-refractivity contribution in [1.29, 1.82) is 0 Å². The van der Waals surface area contributed by atoms with Gasteiger partial charge in [0.1, 0.15) is 5.75 Å². The summed E-state index contributed by atoms with van der Waals surface area (Å²) in [7, 11) is 1.64. The molecule has 1 heterocycles. The number of hydrogen-bond acceptors (Lipinski definition) is 6. The highest BCUT2D eigenvalue weighted by Gasteiger charge is 2.14. The maximum Gasteiger partial charge on any atom is 0.259 e. The average Bonchev–Trinajstić information content (AvgIpc) is 3.07. The van der Waals surface area contributed by atoms with Crippen molar-refractivity contribution in [2.24, 2.45) is 0 Å². The van der Waals surface area contributed by atoms with E-state index >= 15 is 0 Å². The summed E-state index contributed by atoms with van der Waals surface area (Å²) in [5.74, 6) is 1.21. The third kappa shape index (κ3) is 4.88. The van der Waals surface area contributed by atoms with E-state index in [0.29, 0.717) is 15.7 Å². The first-order valence-corrected chi connectivity index (χ1v) is 9.96. The Hall–Kier alpha value is -1.80. The van der Waals surface area contributed by atoms with Gasteiger partial charge in [-0.1, -0.05) is 58.4 Å². The van der Waals surface area contributed by atoms with Gasteiger partial charge in [-0.15, -0.1) is 10.2 Å². The summed E-state index contributed by atoms with van der Waals surface area (Å²) in [6.45, 7) is 0. The summed E-state index contributed by atoms with van der Waals surface area (Å²) in [4.78, 5) is 12.3. The molecule has 1 aromatic heterocycles. The van der Waals surface area contributed by atoms with E-state index < -0.39 is 0 Å². The summed E-state index contributed by atoms with van der Waals surface area (Å²) in [5.41, 5.74) is 1.48. The molecule has 0 fully saturated rings. The van der Waals surface area contributed by atoms with Crippen molar-refractivity contribution < 1.29 is 9.53 Å². The first kappa shape index (κ1) is 19.0. The van der Waals surface area contributed by atoms with Crippen LogP contribution in [0.5, 0.6) is 5.75 Å². The molecule has 0 aliphatic heterocycles. The van der Waals surface area contributed by atoms with Crippen LogP contribution in [-0.4, -0.2) is 23.2 Å². The van der Waals surface area contributed by atoms with E-state index in [9.17, 15) is 4.79 Å². The zero-order chi connectivity index (χ0) is 18.5. The number of hydrogen-bond donors (Lipinski definition) is 1. The van der Waals surface area contributed by atoms with Gasteiger partial charge in [-0.25, -0.2) is 0 Å². The topological polar surface area (TPSA) is 64.1 Å². The second kappa shape index (κ2) is 8.73. The van der Waals surface area contributed by atoms with Crippen LogP contribution >= 0.6 is 46.3 Å². The molecule has 0 aliphatic rings. The van der Waals surface area contributed by atoms with Gasteiger partial charge in [-0.3, -0.25) is 10.1 Å². The van der Waals surface area contributed by atoms with E-state index in [4.69, 9.17) is 27.9 Å². The minimum atomic E-state index is -0.352. The third-order valence-electron chi connectivity index (χ3n) is 3.32. The summed E-state index contributed by atoms with van der Waals surface area (Å²) in [5, 5.41) is 12.0. The van der Waals surface area contributed by atoms with Crippen LogP contribution in [0.4, 0.5) is 5.13 Å². The van der Waals surface area contributed by atoms with Crippen molar-refractivity contribution in [3.8, 4) is 5.75 Å². The van der Waals surface area contributed by atoms with Gasteiger partial charge in [0.25, 0.3) is 5.91 Å². The third-order valence-corrected chi connectivity index (χ3v) is 5.92. The standard InChI is InChI=1S/C17H13Cl2N3O2S2/c1-24-12-5-2-10(3-6-12)9-25-17-22-21-16(26-17)20-15(23)13-7-4-11(18)8-14(13)19/h2-8H,9H2,1H3,(H,20,21,23). The van der Waals surface area contributed by atoms with Crippen molar-refractivity contribution in [2.45, 2.75) is 10.1 Å². The number of nitrogens with zero attached hydrogens (tertiary/aromatic N) is 2. The fourth-order valence-corrected chi connectivity index (χ4v) is 4.22. The van der Waals surface area contributed by atoms with E-state index in [1.807, 2.05) is 24.3 Å². The van der Waals surface area contributed by atoms with Crippen LogP contribution in [0.1, 0.15) is 15.9 Å². The molecule has 0 aliphatic carbocycles. The minimum Gasteiger partial charge on any atom is -0.497 e. The molecule has 0 unspecified atom stereocenters. The Morgan fingerprint density at radius 3 is 2.65 bits per heavy atom. The van der Waals surface area contributed by atoms with Crippen LogP contribution < -0.4 is 10.1 Å². The highest BCUT2D eigenvalue weighted by Crippen LogP contribution is 2.29. The van der Waals surface area contributed by atoms with E-state index in [1.165, 1.54) is 17.4 Å². The molecule has 2 aromatic carbocycles. The fourth-order valence-electron chi connectivity index (χ4n) is 2.02. The number of nitrogens with one attached hydrogen (secondary N) is 1. The number of benzene rings is 2. The van der Waals surface area contributed by atoms with Gasteiger partial charge in [-0.05, 0) is 35.9 Å². The molecule has 5 nitrogen and oxygen atoms in total. The normalized spacial score (nSPS) is 10.6. The van der Waals surface area contributed by atoms with Crippen LogP contribution in [-0.2, 0) is 5.75 Å². The molecule has 0 radical (unpaired) electrons. The Morgan fingerprint density at radius 1 is 1.19 bits per heavy atom. The quantitative estimate of drug-likeness (QED) is 0.423. The van der Waals surface area contributed by atoms with Crippen molar-refractivity contribution in [3.05, 3.63) is 63.6 Å². The summed E-state index contributed by atoms with van der Waals surface area (Å²) < 4.78 is 5.90. The number of carbonyl (C=O) groups excluding carboxylic acids is 1. The van der Waals surface area contributed by atoms with Crippen molar-refractivity contribution in [1.82, 2.24) is 10.2 Å². The van der Waals surface area contributed by atoms with Gasteiger partial charge in [0.15, 0.2) is 4.34 Å². The lowest BCUT2D eigenvalue weighted by atomic mass is 10.2. The number of methoxy groups -OCH3 is 1. The highest BCUT2D eigenvalue weighted by atomic mass is 35.5. The molecule has 0 saturated carbocycles. The lowest BCUT2D eigenvalue weighted by molar-refractivity contribution is 0.102. The fraction of sp³-hybridized carbons (Fsp3) is 0.118. The minimum absolute atomic E-state index is 0.286. The van der Waals surface area contributed by atoms with Crippen LogP contribution in [0.3, 0.4) is 0 Å². The van der Waals surface area contributed by atoms with E-state index in [1.54, 1.807) is 31.0 Å². The first-order valence-electron chi connectivity index (χ1n) is 7.41. The Bertz CT molecular complexity index is 917. The molecule has 0 saturated heterocycles. The number of anilines is 1. The number of halogens is 2. The summed E-state index contributed by atoms with van der Waals surface area (Å²) in [6, 6.07) is 12.5. The predicted molar refractivity (Wildman–Crippen MR) is 107 cm³/mol. The second-order valence-electron chi connectivity index (χ2n) is 5.09. The van der Waals surface area contributed by atoms with Crippen LogP contribution in [0.25, 0.3) is 0 Å². The van der Waals surface area contributed by atoms with Crippen LogP contribution in [0.15, 0.2) is 46.8 Å². The number of aromatic nitrogens is 2. The van der Waals surface area contributed by atoms with E-state index in [-0.39, 0.29) is 10.9 Å². The van der Waals surface area contributed by atoms with Crippen molar-refractivity contribution in [2.75, 3.05) is 12.4 Å². The average molecular weight is 426 g/mol. The van der Waals surface area contributed by atoms with Gasteiger partial charge < -0.3 is 4.74 Å². The van der Waals surface area contributed by atoms with E-state index in [2.05, 4.69) is 15.5 Å². The zero-order valence-corrected chi connectivity index (χ0v) is 16.7. The van der Waals surface area contributed by atoms with Gasteiger partial charge in [0, 0.05) is 10.8 Å². The van der Waals surface area contributed by atoms with Gasteiger partial charge in [0.2, 0.25) is 5.13 Å². The Morgan fingerprint density at radius 2 is 1.96 bits per heavy atom. The van der Waals surface area contributed by atoms with Crippen LogP contribution in [0, 0.1) is 0 Å². The predicted octanol–water partition coefficient (Wildman–Crippen LogP) is 5.40. The van der Waals surface area contributed by atoms with E-state index in [0.717, 1.165) is 21.4 Å². The summed E-state index contributed by atoms with van der Waals surface area (Å²) >= 11 is 14.7. The molecular weight excluding hydrogens is 413 g/mol. The number of carbonyl (C=O) groups is 1. The van der Waals surface area contributed by atoms with Gasteiger partial charge >= 0.3 is 0 Å². The number of thioether (sulfide) groups is 1. The molecule has 0 spiro atoms.